The van der Waals surface area contributed by atoms with Crippen LogP contribution in [0, 0.1) is 10.1 Å². The molecule has 0 bridgehead atoms. The number of nitrogens with zero attached hydrogens (tertiary/aromatic N) is 3. The molecular weight excluding hydrogens is 380 g/mol. The van der Waals surface area contributed by atoms with Gasteiger partial charge in [0, 0.05) is 12.1 Å². The van der Waals surface area contributed by atoms with Gasteiger partial charge in [-0.15, -0.1) is 10.2 Å². The molecule has 0 aliphatic heterocycles. The fraction of sp³-hybridized carbons (Fsp3) is 0.200. The molecule has 0 radical (unpaired) electrons. The first kappa shape index (κ1) is 19.5. The molecule has 0 unspecified atom stereocenters. The van der Waals surface area contributed by atoms with Crippen molar-refractivity contribution in [3.05, 3.63) is 46.0 Å². The Hall–Kier alpha value is -2.79. The van der Waals surface area contributed by atoms with Crippen LogP contribution in [0.3, 0.4) is 0 Å². The van der Waals surface area contributed by atoms with Gasteiger partial charge < -0.3 is 4.74 Å². The molecule has 0 fully saturated rings. The highest BCUT2D eigenvalue weighted by Crippen LogP contribution is 2.25. The number of amides is 1. The van der Waals surface area contributed by atoms with Gasteiger partial charge in [-0.05, 0) is 19.1 Å². The van der Waals surface area contributed by atoms with Crippen LogP contribution in [-0.2, 0) is 14.3 Å². The Morgan fingerprint density at radius 1 is 1.38 bits per heavy atom. The molecule has 1 heterocycles. The molecule has 26 heavy (non-hydrogen) atoms. The lowest BCUT2D eigenvalue weighted by Gasteiger charge is -1.98. The first-order valence-corrected chi connectivity index (χ1v) is 9.14. The topological polar surface area (TPSA) is 124 Å². The van der Waals surface area contributed by atoms with Crippen molar-refractivity contribution in [2.75, 3.05) is 17.7 Å². The average Bonchev–Trinajstić information content (AvgIpc) is 3.06. The minimum absolute atomic E-state index is 0.0925. The van der Waals surface area contributed by atoms with Gasteiger partial charge in [-0.25, -0.2) is 0 Å². The molecule has 0 spiro atoms. The summed E-state index contributed by atoms with van der Waals surface area (Å²) in [5, 5.41) is 21.4. The molecule has 1 aromatic heterocycles. The number of esters is 1. The lowest BCUT2D eigenvalue weighted by atomic mass is 10.1. The highest BCUT2D eigenvalue weighted by Gasteiger charge is 2.11. The molecule has 2 rings (SSSR count). The van der Waals surface area contributed by atoms with Crippen LogP contribution in [0.25, 0.3) is 6.08 Å². The van der Waals surface area contributed by atoms with Crippen LogP contribution in [-0.4, -0.2) is 39.4 Å². The lowest BCUT2D eigenvalue weighted by Crippen LogP contribution is -2.07. The van der Waals surface area contributed by atoms with Gasteiger partial charge in [-0.3, -0.25) is 25.0 Å². The van der Waals surface area contributed by atoms with E-state index in [-0.39, 0.29) is 22.5 Å². The number of hydrogen-bond donors (Lipinski definition) is 1. The number of ether oxygens (including phenoxy) is 1. The molecule has 1 aromatic carbocycles. The smallest absolute Gasteiger partial charge is 0.316 e. The SMILES string of the molecule is CCOC(=O)CSc1nnc(NC(=O)/C=C/c2ccccc2[N+](=O)[O-])s1. The number of nitro benzene ring substituents is 1. The summed E-state index contributed by atoms with van der Waals surface area (Å²) in [6.45, 7) is 2.03. The second-order valence-electron chi connectivity index (χ2n) is 4.61. The fourth-order valence-corrected chi connectivity index (χ4v) is 3.30. The summed E-state index contributed by atoms with van der Waals surface area (Å²) >= 11 is 2.27. The van der Waals surface area contributed by atoms with Crippen LogP contribution >= 0.6 is 23.1 Å². The molecule has 1 amide bonds. The van der Waals surface area contributed by atoms with Gasteiger partial charge in [0.05, 0.1) is 22.8 Å². The molecule has 0 atom stereocenters. The standard InChI is InChI=1S/C15H14N4O5S2/c1-2-24-13(21)9-25-15-18-17-14(26-15)16-12(20)8-7-10-5-3-4-6-11(10)19(22)23/h3-8H,2,9H2,1H3,(H,16,17,20)/b8-7+. The van der Waals surface area contributed by atoms with Gasteiger partial charge in [0.15, 0.2) is 4.34 Å². The monoisotopic (exact) mass is 394 g/mol. The number of benzene rings is 1. The number of carbonyl (C=O) groups excluding carboxylic acids is 2. The van der Waals surface area contributed by atoms with Crippen molar-refractivity contribution < 1.29 is 19.2 Å². The van der Waals surface area contributed by atoms with Gasteiger partial charge in [0.25, 0.3) is 5.69 Å². The zero-order valence-corrected chi connectivity index (χ0v) is 15.2. The number of nitro groups is 1. The van der Waals surface area contributed by atoms with Crippen molar-refractivity contribution in [1.82, 2.24) is 10.2 Å². The number of hydrogen-bond acceptors (Lipinski definition) is 9. The van der Waals surface area contributed by atoms with Crippen molar-refractivity contribution in [2.45, 2.75) is 11.3 Å². The largest absolute Gasteiger partial charge is 0.465 e. The summed E-state index contributed by atoms with van der Waals surface area (Å²) in [4.78, 5) is 33.6. The van der Waals surface area contributed by atoms with E-state index < -0.39 is 10.8 Å². The molecule has 0 aliphatic rings. The normalized spacial score (nSPS) is 10.7. The number of thioether (sulfide) groups is 1. The molecule has 9 nitrogen and oxygen atoms in total. The van der Waals surface area contributed by atoms with Gasteiger partial charge in [0.2, 0.25) is 11.0 Å². The molecule has 0 saturated carbocycles. The Labute approximate surface area is 156 Å². The van der Waals surface area contributed by atoms with Crippen molar-refractivity contribution >= 4 is 51.9 Å². The zero-order chi connectivity index (χ0) is 18.9. The second-order valence-corrected chi connectivity index (χ2v) is 6.81. The quantitative estimate of drug-likeness (QED) is 0.181. The number of rotatable bonds is 8. The van der Waals surface area contributed by atoms with E-state index in [9.17, 15) is 19.7 Å². The molecule has 0 aliphatic carbocycles. The summed E-state index contributed by atoms with van der Waals surface area (Å²) in [5.41, 5.74) is 0.223. The van der Waals surface area contributed by atoms with Crippen molar-refractivity contribution in [1.29, 1.82) is 0 Å². The summed E-state index contributed by atoms with van der Waals surface area (Å²) in [5.74, 6) is -0.750. The summed E-state index contributed by atoms with van der Waals surface area (Å²) in [6.07, 6.45) is 2.53. The number of nitrogens with one attached hydrogen (secondary N) is 1. The number of para-hydroxylation sites is 1. The van der Waals surface area contributed by atoms with E-state index in [4.69, 9.17) is 4.74 Å². The van der Waals surface area contributed by atoms with Gasteiger partial charge >= 0.3 is 5.97 Å². The summed E-state index contributed by atoms with van der Waals surface area (Å²) in [7, 11) is 0. The maximum Gasteiger partial charge on any atom is 0.316 e. The minimum atomic E-state index is -0.518. The Kier molecular flexibility index (Phi) is 7.24. The second kappa shape index (κ2) is 9.63. The average molecular weight is 394 g/mol. The van der Waals surface area contributed by atoms with Crippen LogP contribution in [0.1, 0.15) is 12.5 Å². The van der Waals surface area contributed by atoms with Crippen molar-refractivity contribution in [2.24, 2.45) is 0 Å². The van der Waals surface area contributed by atoms with Gasteiger partial charge in [0.1, 0.15) is 0 Å². The Bertz CT molecular complexity index is 837. The van der Waals surface area contributed by atoms with Crippen LogP contribution < -0.4 is 5.32 Å². The van der Waals surface area contributed by atoms with Crippen LogP contribution in [0.5, 0.6) is 0 Å². The first-order valence-electron chi connectivity index (χ1n) is 7.34. The Balaban J connectivity index is 1.92. The fourth-order valence-electron chi connectivity index (χ4n) is 1.75. The van der Waals surface area contributed by atoms with Crippen LogP contribution in [0.4, 0.5) is 10.8 Å². The van der Waals surface area contributed by atoms with Crippen molar-refractivity contribution in [3.63, 3.8) is 0 Å². The molecule has 136 valence electrons. The van der Waals surface area contributed by atoms with E-state index in [0.29, 0.717) is 16.5 Å². The van der Waals surface area contributed by atoms with Gasteiger partial charge in [-0.1, -0.05) is 35.2 Å². The summed E-state index contributed by atoms with van der Waals surface area (Å²) < 4.78 is 5.32. The molecule has 1 N–H and O–H groups in total. The van der Waals surface area contributed by atoms with E-state index in [2.05, 4.69) is 15.5 Å². The molecule has 2 aromatic rings. The van der Waals surface area contributed by atoms with E-state index in [1.807, 2.05) is 0 Å². The highest BCUT2D eigenvalue weighted by molar-refractivity contribution is 8.01. The van der Waals surface area contributed by atoms with Gasteiger partial charge in [-0.2, -0.15) is 0 Å². The van der Waals surface area contributed by atoms with E-state index in [1.165, 1.54) is 24.3 Å². The third kappa shape index (κ3) is 5.93. The lowest BCUT2D eigenvalue weighted by molar-refractivity contribution is -0.385. The Morgan fingerprint density at radius 3 is 2.88 bits per heavy atom. The van der Waals surface area contributed by atoms with E-state index >= 15 is 0 Å². The third-order valence-electron chi connectivity index (χ3n) is 2.80. The van der Waals surface area contributed by atoms with E-state index in [0.717, 1.165) is 23.1 Å². The maximum absolute atomic E-state index is 11.9. The summed E-state index contributed by atoms with van der Waals surface area (Å²) in [6, 6.07) is 6.08. The molecule has 0 saturated heterocycles. The number of carbonyl (C=O) groups is 2. The van der Waals surface area contributed by atoms with Crippen LogP contribution in [0.2, 0.25) is 0 Å². The predicted molar refractivity (Wildman–Crippen MR) is 98.0 cm³/mol. The Morgan fingerprint density at radius 2 is 2.15 bits per heavy atom. The van der Waals surface area contributed by atoms with E-state index in [1.54, 1.807) is 19.1 Å². The highest BCUT2D eigenvalue weighted by atomic mass is 32.2. The van der Waals surface area contributed by atoms with Crippen LogP contribution in [0.15, 0.2) is 34.7 Å². The minimum Gasteiger partial charge on any atom is -0.465 e. The first-order chi connectivity index (χ1) is 12.5. The third-order valence-corrected chi connectivity index (χ3v) is 4.75. The van der Waals surface area contributed by atoms with Crippen molar-refractivity contribution in [3.8, 4) is 0 Å². The predicted octanol–water partition coefficient (Wildman–Crippen LogP) is 2.75. The molecular formula is C15H14N4O5S2. The maximum atomic E-state index is 11.9. The zero-order valence-electron chi connectivity index (χ0n) is 13.6. The number of aromatic nitrogens is 2. The number of anilines is 1. The molecule has 11 heteroatoms.